The van der Waals surface area contributed by atoms with Gasteiger partial charge in [-0.05, 0) is 63.1 Å². The summed E-state index contributed by atoms with van der Waals surface area (Å²) in [7, 11) is -4.11. The monoisotopic (exact) mass is 448 g/mol. The molecule has 0 aromatic heterocycles. The van der Waals surface area contributed by atoms with E-state index < -0.39 is 32.8 Å². The zero-order chi connectivity index (χ0) is 22.8. The average Bonchev–Trinajstić information content (AvgIpc) is 2.74. The van der Waals surface area contributed by atoms with E-state index in [1.807, 2.05) is 26.0 Å². The maximum absolute atomic E-state index is 13.4. The van der Waals surface area contributed by atoms with Crippen molar-refractivity contribution in [3.8, 4) is 5.75 Å². The van der Waals surface area contributed by atoms with E-state index >= 15 is 0 Å². The van der Waals surface area contributed by atoms with Gasteiger partial charge in [0.05, 0.1) is 11.0 Å². The molecule has 0 aliphatic carbocycles. The minimum Gasteiger partial charge on any atom is -0.489 e. The van der Waals surface area contributed by atoms with Gasteiger partial charge < -0.3 is 9.47 Å². The maximum Gasteiger partial charge on any atom is 0.264 e. The Labute approximate surface area is 182 Å². The lowest BCUT2D eigenvalue weighted by Crippen LogP contribution is -2.67. The highest BCUT2D eigenvalue weighted by atomic mass is 32.2. The van der Waals surface area contributed by atoms with Crippen LogP contribution < -0.4 is 15.5 Å². The number of nitrogens with one attached hydrogen (secondary N) is 2. The third-order valence-electron chi connectivity index (χ3n) is 5.51. The molecule has 1 aliphatic heterocycles. The van der Waals surface area contributed by atoms with Crippen LogP contribution in [0.25, 0.3) is 0 Å². The van der Waals surface area contributed by atoms with Crippen molar-refractivity contribution in [3.05, 3.63) is 59.2 Å². The Kier molecular flexibility index (Phi) is 6.70. The predicted molar refractivity (Wildman–Crippen MR) is 115 cm³/mol. The van der Waals surface area contributed by atoms with Crippen LogP contribution in [0.4, 0.5) is 0 Å². The molecule has 8 nitrogen and oxygen atoms in total. The number of sulfone groups is 1. The summed E-state index contributed by atoms with van der Waals surface area (Å²) in [5.41, 5.74) is 4.81. The number of carbonyl (C=O) groups excluding carboxylic acids is 1. The van der Waals surface area contributed by atoms with Crippen LogP contribution in [0.1, 0.15) is 30.5 Å². The number of hydroxylamine groups is 1. The fourth-order valence-corrected chi connectivity index (χ4v) is 5.41. The highest BCUT2D eigenvalue weighted by molar-refractivity contribution is 7.92. The third kappa shape index (κ3) is 4.59. The van der Waals surface area contributed by atoms with E-state index in [4.69, 9.17) is 14.7 Å². The Hall–Kier alpha value is -2.46. The van der Waals surface area contributed by atoms with Crippen LogP contribution in [-0.2, 0) is 26.0 Å². The molecule has 0 saturated carbocycles. The number of ether oxygens (including phenoxy) is 2. The minimum absolute atomic E-state index is 0.0132. The van der Waals surface area contributed by atoms with E-state index in [1.165, 1.54) is 24.5 Å². The highest BCUT2D eigenvalue weighted by Crippen LogP contribution is 2.34. The number of aryl methyl sites for hydroxylation is 2. The third-order valence-corrected chi connectivity index (χ3v) is 7.80. The summed E-state index contributed by atoms with van der Waals surface area (Å²) >= 11 is 0. The van der Waals surface area contributed by atoms with Crippen molar-refractivity contribution in [1.29, 1.82) is 0 Å². The average molecular weight is 449 g/mol. The zero-order valence-corrected chi connectivity index (χ0v) is 18.8. The first-order valence-corrected chi connectivity index (χ1v) is 11.5. The van der Waals surface area contributed by atoms with Crippen molar-refractivity contribution < 1.29 is 27.9 Å². The van der Waals surface area contributed by atoms with Crippen LogP contribution in [0, 0.1) is 13.8 Å². The standard InChI is InChI=1S/C22H28N2O6S/c1-14-5-6-15(2)17(11-14)13-29-18-7-9-19(10-8-18)31(27,28)22(4)20(21(25)24-26)23-12-16(3)30-22/h5-11,16,20,23,26H,12-13H2,1-4H3,(H,24,25)/t16-,20+,22?/m0/s1. The molecule has 3 N–H and O–H groups in total. The lowest BCUT2D eigenvalue weighted by Gasteiger charge is -2.42. The molecular weight excluding hydrogens is 420 g/mol. The molecule has 0 spiro atoms. The van der Waals surface area contributed by atoms with Crippen LogP contribution in [0.5, 0.6) is 5.75 Å². The summed E-state index contributed by atoms with van der Waals surface area (Å²) in [5, 5.41) is 11.9. The van der Waals surface area contributed by atoms with Crippen LogP contribution in [0.2, 0.25) is 0 Å². The molecule has 1 unspecified atom stereocenters. The van der Waals surface area contributed by atoms with Gasteiger partial charge in [-0.15, -0.1) is 0 Å². The van der Waals surface area contributed by atoms with Gasteiger partial charge in [0, 0.05) is 6.54 Å². The van der Waals surface area contributed by atoms with Crippen molar-refractivity contribution in [2.24, 2.45) is 0 Å². The molecule has 1 aliphatic rings. The smallest absolute Gasteiger partial charge is 0.264 e. The Morgan fingerprint density at radius 2 is 1.94 bits per heavy atom. The number of benzene rings is 2. The molecule has 168 valence electrons. The predicted octanol–water partition coefficient (Wildman–Crippen LogP) is 2.25. The summed E-state index contributed by atoms with van der Waals surface area (Å²) in [4.78, 5) is 10.2. The molecule has 1 saturated heterocycles. The van der Waals surface area contributed by atoms with Gasteiger partial charge in [0.2, 0.25) is 9.84 Å². The van der Waals surface area contributed by atoms with Crippen molar-refractivity contribution in [2.45, 2.75) is 56.3 Å². The second-order valence-electron chi connectivity index (χ2n) is 7.96. The number of morpholine rings is 1. The van der Waals surface area contributed by atoms with E-state index in [9.17, 15) is 13.2 Å². The number of hydrogen-bond acceptors (Lipinski definition) is 7. The molecule has 1 heterocycles. The Morgan fingerprint density at radius 3 is 2.58 bits per heavy atom. The van der Waals surface area contributed by atoms with Gasteiger partial charge in [0.25, 0.3) is 5.91 Å². The van der Waals surface area contributed by atoms with Gasteiger partial charge in [-0.1, -0.05) is 23.8 Å². The lowest BCUT2D eigenvalue weighted by atomic mass is 10.1. The Balaban J connectivity index is 1.82. The number of amides is 1. The SMILES string of the molecule is Cc1ccc(C)c(COc2ccc(S(=O)(=O)C3(C)O[C@@H](C)CN[C@@H]3C(=O)NO)cc2)c1. The Bertz CT molecular complexity index is 1050. The topological polar surface area (TPSA) is 114 Å². The molecule has 3 rings (SSSR count). The van der Waals surface area contributed by atoms with Crippen molar-refractivity contribution in [1.82, 2.24) is 10.8 Å². The van der Waals surface area contributed by atoms with Gasteiger partial charge in [0.1, 0.15) is 18.4 Å². The van der Waals surface area contributed by atoms with Gasteiger partial charge >= 0.3 is 0 Å². The normalized spacial score (nSPS) is 23.9. The summed E-state index contributed by atoms with van der Waals surface area (Å²) in [5.74, 6) is -0.364. The lowest BCUT2D eigenvalue weighted by molar-refractivity contribution is -0.144. The molecule has 31 heavy (non-hydrogen) atoms. The van der Waals surface area contributed by atoms with Crippen LogP contribution in [0.15, 0.2) is 47.4 Å². The van der Waals surface area contributed by atoms with E-state index in [-0.39, 0.29) is 11.4 Å². The number of hydrogen-bond donors (Lipinski definition) is 3. The molecule has 9 heteroatoms. The largest absolute Gasteiger partial charge is 0.489 e. The molecule has 3 atom stereocenters. The van der Waals surface area contributed by atoms with Crippen molar-refractivity contribution in [3.63, 3.8) is 0 Å². The molecule has 1 amide bonds. The second kappa shape index (κ2) is 8.96. The number of rotatable bonds is 6. The summed E-state index contributed by atoms with van der Waals surface area (Å²) in [6, 6.07) is 10.8. The minimum atomic E-state index is -4.11. The summed E-state index contributed by atoms with van der Waals surface area (Å²) in [6.07, 6.45) is -0.442. The van der Waals surface area contributed by atoms with Crippen LogP contribution >= 0.6 is 0 Å². The van der Waals surface area contributed by atoms with E-state index in [0.717, 1.165) is 16.7 Å². The highest BCUT2D eigenvalue weighted by Gasteiger charge is 2.54. The second-order valence-corrected chi connectivity index (χ2v) is 10.2. The quantitative estimate of drug-likeness (QED) is 0.459. The summed E-state index contributed by atoms with van der Waals surface area (Å²) in [6.45, 7) is 7.69. The van der Waals surface area contributed by atoms with E-state index in [2.05, 4.69) is 11.4 Å². The first-order chi connectivity index (χ1) is 14.6. The first kappa shape index (κ1) is 23.2. The molecule has 2 aromatic rings. The Morgan fingerprint density at radius 1 is 1.26 bits per heavy atom. The van der Waals surface area contributed by atoms with Gasteiger partial charge in [-0.25, -0.2) is 13.9 Å². The summed E-state index contributed by atoms with van der Waals surface area (Å²) < 4.78 is 38.3. The molecular formula is C22H28N2O6S. The maximum atomic E-state index is 13.4. The van der Waals surface area contributed by atoms with Gasteiger partial charge in [-0.3, -0.25) is 15.3 Å². The number of carbonyl (C=O) groups is 1. The van der Waals surface area contributed by atoms with Gasteiger partial charge in [-0.2, -0.15) is 0 Å². The van der Waals surface area contributed by atoms with Crippen molar-refractivity contribution in [2.75, 3.05) is 6.54 Å². The van der Waals surface area contributed by atoms with E-state index in [0.29, 0.717) is 12.4 Å². The van der Waals surface area contributed by atoms with Crippen LogP contribution in [0.3, 0.4) is 0 Å². The van der Waals surface area contributed by atoms with Crippen LogP contribution in [-0.4, -0.2) is 43.2 Å². The van der Waals surface area contributed by atoms with Crippen molar-refractivity contribution >= 4 is 15.7 Å². The molecule has 1 fully saturated rings. The van der Waals surface area contributed by atoms with Gasteiger partial charge in [0.15, 0.2) is 4.93 Å². The van der Waals surface area contributed by atoms with E-state index in [1.54, 1.807) is 19.1 Å². The fraction of sp³-hybridized carbons (Fsp3) is 0.409. The first-order valence-electron chi connectivity index (χ1n) is 9.97. The molecule has 0 radical (unpaired) electrons. The molecule has 2 aromatic carbocycles. The zero-order valence-electron chi connectivity index (χ0n) is 18.0. The molecule has 0 bridgehead atoms. The fourth-order valence-electron chi connectivity index (χ4n) is 3.66.